The van der Waals surface area contributed by atoms with Crippen LogP contribution in [0.3, 0.4) is 0 Å². The Morgan fingerprint density at radius 2 is 1.88 bits per heavy atom. The van der Waals surface area contributed by atoms with E-state index < -0.39 is 10.0 Å². The molecule has 3 rings (SSSR count). The van der Waals surface area contributed by atoms with Crippen LogP contribution in [0.25, 0.3) is 11.3 Å². The van der Waals surface area contributed by atoms with Crippen molar-refractivity contribution in [3.05, 3.63) is 47.3 Å². The predicted octanol–water partition coefficient (Wildman–Crippen LogP) is 0.977. The van der Waals surface area contributed by atoms with Gasteiger partial charge in [-0.25, -0.2) is 17.7 Å². The Morgan fingerprint density at radius 3 is 2.46 bits per heavy atom. The number of hydrogen-bond acceptors (Lipinski definition) is 5. The van der Waals surface area contributed by atoms with Gasteiger partial charge >= 0.3 is 0 Å². The zero-order valence-electron chi connectivity index (χ0n) is 13.5. The summed E-state index contributed by atoms with van der Waals surface area (Å²) in [5, 5.41) is 0. The summed E-state index contributed by atoms with van der Waals surface area (Å²) < 4.78 is 26.2. The van der Waals surface area contributed by atoms with Crippen LogP contribution in [0.15, 0.2) is 41.7 Å². The number of piperidine rings is 1. The van der Waals surface area contributed by atoms with Crippen LogP contribution in [-0.4, -0.2) is 46.6 Å². The lowest BCUT2D eigenvalue weighted by atomic mass is 9.98. The van der Waals surface area contributed by atoms with E-state index in [1.807, 2.05) is 12.1 Å². The van der Waals surface area contributed by atoms with E-state index in [4.69, 9.17) is 0 Å². The lowest BCUT2D eigenvalue weighted by molar-refractivity contribution is 0.252. The van der Waals surface area contributed by atoms with Crippen LogP contribution in [0.1, 0.15) is 12.8 Å². The van der Waals surface area contributed by atoms with Gasteiger partial charge in [-0.3, -0.25) is 14.3 Å². The fourth-order valence-corrected chi connectivity index (χ4v) is 3.82. The molecule has 7 nitrogen and oxygen atoms in total. The number of rotatable bonds is 4. The van der Waals surface area contributed by atoms with Crippen molar-refractivity contribution in [2.75, 3.05) is 19.3 Å². The van der Waals surface area contributed by atoms with Crippen LogP contribution in [0.5, 0.6) is 0 Å². The molecule has 3 heterocycles. The highest BCUT2D eigenvalue weighted by atomic mass is 32.2. The van der Waals surface area contributed by atoms with Gasteiger partial charge in [0.1, 0.15) is 0 Å². The smallest absolute Gasteiger partial charge is 0.253 e. The standard InChI is InChI=1S/C16H20N4O3S/c1-24(22,23)20-8-4-13(5-9-20)11-19-12-18-15(10-16(19)21)14-2-6-17-7-3-14/h2-3,6-7,10,12-13H,4-5,8-9,11H2,1H3. The Hall–Kier alpha value is -2.06. The molecule has 1 fully saturated rings. The molecule has 0 saturated carbocycles. The largest absolute Gasteiger partial charge is 0.299 e. The van der Waals surface area contributed by atoms with Gasteiger partial charge < -0.3 is 0 Å². The Labute approximate surface area is 141 Å². The second-order valence-electron chi connectivity index (χ2n) is 6.11. The summed E-state index contributed by atoms with van der Waals surface area (Å²) in [5.74, 6) is 0.286. The highest BCUT2D eigenvalue weighted by Gasteiger charge is 2.25. The Balaban J connectivity index is 1.68. The summed E-state index contributed by atoms with van der Waals surface area (Å²) in [4.78, 5) is 20.6. The molecule has 0 unspecified atom stereocenters. The van der Waals surface area contributed by atoms with Gasteiger partial charge in [0.15, 0.2) is 0 Å². The molecule has 0 atom stereocenters. The molecule has 0 aromatic carbocycles. The molecule has 128 valence electrons. The van der Waals surface area contributed by atoms with Crippen molar-refractivity contribution in [2.45, 2.75) is 19.4 Å². The van der Waals surface area contributed by atoms with Gasteiger partial charge in [-0.15, -0.1) is 0 Å². The predicted molar refractivity (Wildman–Crippen MR) is 90.9 cm³/mol. The molecule has 0 bridgehead atoms. The van der Waals surface area contributed by atoms with Crippen molar-refractivity contribution in [1.29, 1.82) is 0 Å². The topological polar surface area (TPSA) is 85.2 Å². The van der Waals surface area contributed by atoms with Gasteiger partial charge in [-0.1, -0.05) is 0 Å². The zero-order chi connectivity index (χ0) is 17.2. The molecule has 0 radical (unpaired) electrons. The molecular weight excluding hydrogens is 328 g/mol. The van der Waals surface area contributed by atoms with E-state index >= 15 is 0 Å². The second-order valence-corrected chi connectivity index (χ2v) is 8.09. The molecule has 0 spiro atoms. The molecular formula is C16H20N4O3S. The average Bonchev–Trinajstić information content (AvgIpc) is 2.57. The van der Waals surface area contributed by atoms with Gasteiger partial charge in [0.05, 0.1) is 18.3 Å². The van der Waals surface area contributed by atoms with Crippen molar-refractivity contribution >= 4 is 10.0 Å². The van der Waals surface area contributed by atoms with Gasteiger partial charge in [0.2, 0.25) is 10.0 Å². The number of nitrogens with zero attached hydrogens (tertiary/aromatic N) is 4. The lowest BCUT2D eigenvalue weighted by Crippen LogP contribution is -2.39. The van der Waals surface area contributed by atoms with Crippen molar-refractivity contribution in [3.8, 4) is 11.3 Å². The van der Waals surface area contributed by atoms with E-state index in [1.165, 1.54) is 16.6 Å². The molecule has 0 aliphatic carbocycles. The lowest BCUT2D eigenvalue weighted by Gasteiger charge is -2.30. The molecule has 2 aromatic heterocycles. The van der Waals surface area contributed by atoms with Crippen LogP contribution < -0.4 is 5.56 Å². The molecule has 2 aromatic rings. The summed E-state index contributed by atoms with van der Waals surface area (Å²) in [6.45, 7) is 1.60. The van der Waals surface area contributed by atoms with Gasteiger partial charge in [0.25, 0.3) is 5.56 Å². The fourth-order valence-electron chi connectivity index (χ4n) is 2.95. The number of aromatic nitrogens is 3. The number of sulfonamides is 1. The summed E-state index contributed by atoms with van der Waals surface area (Å²) in [5.41, 5.74) is 1.39. The molecule has 1 saturated heterocycles. The first-order valence-corrected chi connectivity index (χ1v) is 9.70. The van der Waals surface area contributed by atoms with Crippen LogP contribution in [0, 0.1) is 5.92 Å². The van der Waals surface area contributed by atoms with Crippen LogP contribution in [-0.2, 0) is 16.6 Å². The minimum absolute atomic E-state index is 0.0950. The van der Waals surface area contributed by atoms with Gasteiger partial charge in [-0.05, 0) is 30.9 Å². The normalized spacial score (nSPS) is 17.0. The monoisotopic (exact) mass is 348 g/mol. The molecule has 8 heteroatoms. The van der Waals surface area contributed by atoms with Crippen LogP contribution in [0.4, 0.5) is 0 Å². The third-order valence-corrected chi connectivity index (χ3v) is 5.66. The third-order valence-electron chi connectivity index (χ3n) is 4.35. The van der Waals surface area contributed by atoms with E-state index in [1.54, 1.807) is 23.3 Å². The van der Waals surface area contributed by atoms with E-state index in [0.29, 0.717) is 25.3 Å². The first-order chi connectivity index (χ1) is 11.4. The minimum Gasteiger partial charge on any atom is -0.299 e. The molecule has 1 aliphatic rings. The Bertz CT molecular complexity index is 856. The molecule has 0 N–H and O–H groups in total. The van der Waals surface area contributed by atoms with Crippen LogP contribution in [0.2, 0.25) is 0 Å². The van der Waals surface area contributed by atoms with Crippen molar-refractivity contribution in [2.24, 2.45) is 5.92 Å². The first kappa shape index (κ1) is 16.8. The van der Waals surface area contributed by atoms with E-state index in [-0.39, 0.29) is 11.5 Å². The second kappa shape index (κ2) is 6.82. The first-order valence-electron chi connectivity index (χ1n) is 7.85. The summed E-state index contributed by atoms with van der Waals surface area (Å²) in [6, 6.07) is 5.15. The highest BCUT2D eigenvalue weighted by Crippen LogP contribution is 2.20. The maximum absolute atomic E-state index is 12.3. The summed E-state index contributed by atoms with van der Waals surface area (Å²) >= 11 is 0. The SMILES string of the molecule is CS(=O)(=O)N1CCC(Cn2cnc(-c3ccncc3)cc2=O)CC1. The maximum Gasteiger partial charge on any atom is 0.253 e. The zero-order valence-corrected chi connectivity index (χ0v) is 14.3. The summed E-state index contributed by atoms with van der Waals surface area (Å²) in [7, 11) is -3.12. The minimum atomic E-state index is -3.12. The number of hydrogen-bond donors (Lipinski definition) is 0. The Kier molecular flexibility index (Phi) is 4.77. The molecule has 1 aliphatic heterocycles. The fraction of sp³-hybridized carbons (Fsp3) is 0.438. The van der Waals surface area contributed by atoms with Gasteiger partial charge in [-0.2, -0.15) is 0 Å². The summed E-state index contributed by atoms with van der Waals surface area (Å²) in [6.07, 6.45) is 7.65. The van der Waals surface area contributed by atoms with Crippen LogP contribution >= 0.6 is 0 Å². The maximum atomic E-state index is 12.3. The number of pyridine rings is 1. The average molecular weight is 348 g/mol. The van der Waals surface area contributed by atoms with E-state index in [9.17, 15) is 13.2 Å². The van der Waals surface area contributed by atoms with E-state index in [0.717, 1.165) is 18.4 Å². The third kappa shape index (κ3) is 3.88. The highest BCUT2D eigenvalue weighted by molar-refractivity contribution is 7.88. The van der Waals surface area contributed by atoms with Gasteiger partial charge in [0, 0.05) is 43.7 Å². The Morgan fingerprint density at radius 1 is 1.21 bits per heavy atom. The molecule has 24 heavy (non-hydrogen) atoms. The van der Waals surface area contributed by atoms with Crippen molar-refractivity contribution in [1.82, 2.24) is 18.8 Å². The van der Waals surface area contributed by atoms with Crippen molar-refractivity contribution < 1.29 is 8.42 Å². The molecule has 0 amide bonds. The van der Waals surface area contributed by atoms with E-state index in [2.05, 4.69) is 9.97 Å². The quantitative estimate of drug-likeness (QED) is 0.822. The van der Waals surface area contributed by atoms with Crippen molar-refractivity contribution in [3.63, 3.8) is 0 Å².